The van der Waals surface area contributed by atoms with Crippen LogP contribution in [0.5, 0.6) is 0 Å². The summed E-state index contributed by atoms with van der Waals surface area (Å²) in [5, 5.41) is 2.95. The Balaban J connectivity index is 1.59. The summed E-state index contributed by atoms with van der Waals surface area (Å²) in [6.45, 7) is 6.23. The molecule has 3 rings (SSSR count). The first-order valence-electron chi connectivity index (χ1n) is 8.73. The molecule has 1 aliphatic rings. The molecule has 0 aliphatic carbocycles. The third-order valence-corrected chi connectivity index (χ3v) is 4.56. The molecule has 1 aliphatic heterocycles. The van der Waals surface area contributed by atoms with E-state index in [1.165, 1.54) is 0 Å². The summed E-state index contributed by atoms with van der Waals surface area (Å²) < 4.78 is 0. The van der Waals surface area contributed by atoms with Crippen LogP contribution in [0.15, 0.2) is 42.7 Å². The van der Waals surface area contributed by atoms with E-state index in [-0.39, 0.29) is 17.9 Å². The van der Waals surface area contributed by atoms with Crippen molar-refractivity contribution in [2.24, 2.45) is 0 Å². The summed E-state index contributed by atoms with van der Waals surface area (Å²) in [4.78, 5) is 36.2. The van der Waals surface area contributed by atoms with E-state index in [9.17, 15) is 9.59 Å². The van der Waals surface area contributed by atoms with Gasteiger partial charge >= 0.3 is 0 Å². The summed E-state index contributed by atoms with van der Waals surface area (Å²) in [5.41, 5.74) is 1.47. The minimum absolute atomic E-state index is 0.0881. The second kappa shape index (κ2) is 7.95. The first-order valence-corrected chi connectivity index (χ1v) is 8.73. The molecule has 1 fully saturated rings. The lowest BCUT2D eigenvalue weighted by Gasteiger charge is -2.34. The van der Waals surface area contributed by atoms with Gasteiger partial charge in [-0.15, -0.1) is 0 Å². The van der Waals surface area contributed by atoms with Crippen LogP contribution in [0, 0.1) is 0 Å². The predicted octanol–water partition coefficient (Wildman–Crippen LogP) is 1.64. The smallest absolute Gasteiger partial charge is 0.254 e. The molecule has 1 unspecified atom stereocenters. The van der Waals surface area contributed by atoms with Crippen molar-refractivity contribution in [2.45, 2.75) is 19.9 Å². The number of aromatic nitrogens is 2. The molecule has 7 nitrogen and oxygen atoms in total. The van der Waals surface area contributed by atoms with E-state index in [2.05, 4.69) is 15.3 Å². The molecular weight excluding hydrogens is 330 g/mol. The van der Waals surface area contributed by atoms with E-state index >= 15 is 0 Å². The van der Waals surface area contributed by atoms with Crippen molar-refractivity contribution >= 4 is 17.8 Å². The van der Waals surface area contributed by atoms with Crippen molar-refractivity contribution in [3.63, 3.8) is 0 Å². The van der Waals surface area contributed by atoms with Gasteiger partial charge in [0.05, 0.1) is 11.6 Å². The van der Waals surface area contributed by atoms with E-state index in [1.54, 1.807) is 19.3 Å². The second-order valence-electron chi connectivity index (χ2n) is 6.37. The van der Waals surface area contributed by atoms with E-state index in [0.29, 0.717) is 37.7 Å². The fourth-order valence-electron chi connectivity index (χ4n) is 2.93. The molecule has 7 heteroatoms. The van der Waals surface area contributed by atoms with Crippen LogP contribution >= 0.6 is 0 Å². The normalized spacial score (nSPS) is 15.5. The first kappa shape index (κ1) is 17.8. The predicted molar refractivity (Wildman–Crippen MR) is 98.8 cm³/mol. The Morgan fingerprint density at radius 1 is 1.04 bits per heavy atom. The van der Waals surface area contributed by atoms with Crippen molar-refractivity contribution in [1.82, 2.24) is 20.2 Å². The average Bonchev–Trinajstić information content (AvgIpc) is 2.69. The van der Waals surface area contributed by atoms with Crippen molar-refractivity contribution in [3.8, 4) is 0 Å². The highest BCUT2D eigenvalue weighted by atomic mass is 16.2. The van der Waals surface area contributed by atoms with Gasteiger partial charge in [0.15, 0.2) is 0 Å². The van der Waals surface area contributed by atoms with Crippen molar-refractivity contribution < 1.29 is 9.59 Å². The van der Waals surface area contributed by atoms with Gasteiger partial charge in [0.25, 0.3) is 5.91 Å². The highest BCUT2D eigenvalue weighted by Gasteiger charge is 2.20. The van der Waals surface area contributed by atoms with Gasteiger partial charge in [0, 0.05) is 45.5 Å². The molecule has 1 saturated heterocycles. The summed E-state index contributed by atoms with van der Waals surface area (Å²) in [7, 11) is 0. The Morgan fingerprint density at radius 3 is 2.23 bits per heavy atom. The van der Waals surface area contributed by atoms with Crippen LogP contribution in [0.4, 0.5) is 5.95 Å². The third-order valence-electron chi connectivity index (χ3n) is 4.56. The van der Waals surface area contributed by atoms with Gasteiger partial charge in [-0.05, 0) is 12.5 Å². The number of amides is 2. The summed E-state index contributed by atoms with van der Waals surface area (Å²) in [6, 6.07) is 9.70. The van der Waals surface area contributed by atoms with Crippen molar-refractivity contribution in [3.05, 3.63) is 53.9 Å². The maximum absolute atomic E-state index is 12.4. The second-order valence-corrected chi connectivity index (χ2v) is 6.37. The first-order chi connectivity index (χ1) is 12.5. The van der Waals surface area contributed by atoms with Crippen LogP contribution in [0.1, 0.15) is 35.8 Å². The van der Waals surface area contributed by atoms with Crippen LogP contribution in [0.3, 0.4) is 0 Å². The standard InChI is InChI=1S/C19H23N5O2/c1-14(16-6-4-3-5-7-16)22-18(26)17-12-20-19(21-13-17)24-10-8-23(9-11-24)15(2)25/h3-7,12-14H,8-11H2,1-2H3,(H,22,26). The van der Waals surface area contributed by atoms with E-state index in [1.807, 2.05) is 47.1 Å². The number of piperazine rings is 1. The fourth-order valence-corrected chi connectivity index (χ4v) is 2.93. The molecule has 0 bridgehead atoms. The zero-order valence-corrected chi connectivity index (χ0v) is 15.1. The van der Waals surface area contributed by atoms with Gasteiger partial charge in [0.2, 0.25) is 11.9 Å². The van der Waals surface area contributed by atoms with Crippen LogP contribution < -0.4 is 10.2 Å². The maximum atomic E-state index is 12.4. The number of rotatable bonds is 4. The van der Waals surface area contributed by atoms with Gasteiger partial charge in [-0.25, -0.2) is 9.97 Å². The number of anilines is 1. The summed E-state index contributed by atoms with van der Waals surface area (Å²) in [5.74, 6) is 0.472. The Morgan fingerprint density at radius 2 is 1.65 bits per heavy atom. The number of nitrogens with one attached hydrogen (secondary N) is 1. The number of carbonyl (C=O) groups is 2. The molecule has 1 atom stereocenters. The monoisotopic (exact) mass is 353 g/mol. The highest BCUT2D eigenvalue weighted by molar-refractivity contribution is 5.93. The lowest BCUT2D eigenvalue weighted by molar-refractivity contribution is -0.129. The van der Waals surface area contributed by atoms with Crippen molar-refractivity contribution in [1.29, 1.82) is 0 Å². The minimum Gasteiger partial charge on any atom is -0.345 e. The Bertz CT molecular complexity index is 755. The van der Waals surface area contributed by atoms with E-state index < -0.39 is 0 Å². The number of benzene rings is 1. The molecule has 136 valence electrons. The molecule has 0 saturated carbocycles. The molecule has 1 aromatic heterocycles. The summed E-state index contributed by atoms with van der Waals surface area (Å²) in [6.07, 6.45) is 3.10. The Hall–Kier alpha value is -2.96. The van der Waals surface area contributed by atoms with E-state index in [4.69, 9.17) is 0 Å². The molecule has 2 heterocycles. The van der Waals surface area contributed by atoms with E-state index in [0.717, 1.165) is 5.56 Å². The van der Waals surface area contributed by atoms with Gasteiger partial charge < -0.3 is 15.1 Å². The molecule has 2 aromatic rings. The number of carbonyl (C=O) groups excluding carboxylic acids is 2. The van der Waals surface area contributed by atoms with Gasteiger partial charge in [-0.2, -0.15) is 0 Å². The van der Waals surface area contributed by atoms with Crippen molar-refractivity contribution in [2.75, 3.05) is 31.1 Å². The van der Waals surface area contributed by atoms with Crippen LogP contribution in [0.2, 0.25) is 0 Å². The summed E-state index contributed by atoms with van der Waals surface area (Å²) >= 11 is 0. The highest BCUT2D eigenvalue weighted by Crippen LogP contribution is 2.14. The van der Waals surface area contributed by atoms with Gasteiger partial charge in [-0.3, -0.25) is 9.59 Å². The fraction of sp³-hybridized carbons (Fsp3) is 0.368. The van der Waals surface area contributed by atoms with Crippen LogP contribution in [0.25, 0.3) is 0 Å². The molecule has 0 radical (unpaired) electrons. The molecule has 26 heavy (non-hydrogen) atoms. The number of hydrogen-bond donors (Lipinski definition) is 1. The molecule has 1 aromatic carbocycles. The number of hydrogen-bond acceptors (Lipinski definition) is 5. The molecular formula is C19H23N5O2. The topological polar surface area (TPSA) is 78.4 Å². The zero-order chi connectivity index (χ0) is 18.5. The quantitative estimate of drug-likeness (QED) is 0.904. The minimum atomic E-state index is -0.200. The SMILES string of the molecule is CC(=O)N1CCN(c2ncc(C(=O)NC(C)c3ccccc3)cn2)CC1. The zero-order valence-electron chi connectivity index (χ0n) is 15.1. The lowest BCUT2D eigenvalue weighted by Crippen LogP contribution is -2.48. The average molecular weight is 353 g/mol. The molecule has 0 spiro atoms. The van der Waals surface area contributed by atoms with Gasteiger partial charge in [0.1, 0.15) is 0 Å². The largest absolute Gasteiger partial charge is 0.345 e. The molecule has 1 N–H and O–H groups in total. The third kappa shape index (κ3) is 4.17. The lowest BCUT2D eigenvalue weighted by atomic mass is 10.1. The van der Waals surface area contributed by atoms with Gasteiger partial charge in [-0.1, -0.05) is 30.3 Å². The van der Waals surface area contributed by atoms with Crippen LogP contribution in [-0.2, 0) is 4.79 Å². The number of nitrogens with zero attached hydrogens (tertiary/aromatic N) is 4. The Kier molecular flexibility index (Phi) is 5.46. The maximum Gasteiger partial charge on any atom is 0.254 e. The molecule has 2 amide bonds. The Labute approximate surface area is 153 Å². The van der Waals surface area contributed by atoms with Crippen LogP contribution in [-0.4, -0.2) is 52.9 Å².